The average Bonchev–Trinajstić information content (AvgIpc) is 3.27. The van der Waals surface area contributed by atoms with Gasteiger partial charge in [-0.2, -0.15) is 0 Å². The zero-order valence-electron chi connectivity index (χ0n) is 21.0. The van der Waals surface area contributed by atoms with Gasteiger partial charge in [0.25, 0.3) is 5.91 Å². The van der Waals surface area contributed by atoms with Crippen molar-refractivity contribution < 1.29 is 23.8 Å². The van der Waals surface area contributed by atoms with Crippen molar-refractivity contribution in [2.24, 2.45) is 5.41 Å². The van der Waals surface area contributed by atoms with Crippen molar-refractivity contribution in [1.82, 2.24) is 4.98 Å². The number of carbonyl (C=O) groups excluding carboxylic acids is 1. The number of anilines is 1. The van der Waals surface area contributed by atoms with E-state index in [1.807, 2.05) is 0 Å². The summed E-state index contributed by atoms with van der Waals surface area (Å²) in [6.07, 6.45) is 1.56. The van der Waals surface area contributed by atoms with Gasteiger partial charge in [-0.1, -0.05) is 56.1 Å². The summed E-state index contributed by atoms with van der Waals surface area (Å²) in [5.74, 6) is -2.04. The SMILES string of the molecule is COC(CC(C)(C)C)c1cccc(-c2csc(NC(=O)c3cc(Cl)c(C=C(C)C(=O)O)c(Cl)c3)n2)c1F. The van der Waals surface area contributed by atoms with E-state index in [1.165, 1.54) is 25.1 Å². The Bertz CT molecular complexity index is 1340. The molecule has 3 rings (SSSR count). The molecule has 0 fully saturated rings. The van der Waals surface area contributed by atoms with Crippen molar-refractivity contribution in [2.45, 2.75) is 40.2 Å². The highest BCUT2D eigenvalue weighted by molar-refractivity contribution is 7.14. The first-order valence-corrected chi connectivity index (χ1v) is 12.9. The predicted octanol–water partition coefficient (Wildman–Crippen LogP) is 8.12. The van der Waals surface area contributed by atoms with Crippen molar-refractivity contribution in [2.75, 3.05) is 12.4 Å². The van der Waals surface area contributed by atoms with Gasteiger partial charge in [0.2, 0.25) is 0 Å². The molecule has 196 valence electrons. The fourth-order valence-corrected chi connectivity index (χ4v) is 4.93. The second-order valence-corrected chi connectivity index (χ2v) is 11.3. The van der Waals surface area contributed by atoms with E-state index in [2.05, 4.69) is 31.1 Å². The fraction of sp³-hybridized carbons (Fsp3) is 0.296. The maximum atomic E-state index is 15.5. The van der Waals surface area contributed by atoms with Crippen molar-refractivity contribution in [3.8, 4) is 11.3 Å². The maximum absolute atomic E-state index is 15.5. The first kappa shape index (κ1) is 28.8. The number of rotatable bonds is 8. The van der Waals surface area contributed by atoms with Gasteiger partial charge in [0.05, 0.1) is 21.8 Å². The molecule has 2 N–H and O–H groups in total. The smallest absolute Gasteiger partial charge is 0.331 e. The first-order chi connectivity index (χ1) is 17.3. The normalized spacial score (nSPS) is 12.9. The number of hydrogen-bond acceptors (Lipinski definition) is 5. The van der Waals surface area contributed by atoms with Crippen LogP contribution in [0.1, 0.15) is 61.7 Å². The molecule has 1 aromatic heterocycles. The summed E-state index contributed by atoms with van der Waals surface area (Å²) < 4.78 is 21.1. The number of carboxylic acids is 1. The molecule has 1 unspecified atom stereocenters. The van der Waals surface area contributed by atoms with Crippen molar-refractivity contribution in [3.63, 3.8) is 0 Å². The molecule has 0 aliphatic heterocycles. The number of carboxylic acid groups (broad SMARTS) is 1. The van der Waals surface area contributed by atoms with Crippen LogP contribution in [0.3, 0.4) is 0 Å². The van der Waals surface area contributed by atoms with Gasteiger partial charge >= 0.3 is 5.97 Å². The second kappa shape index (κ2) is 11.7. The summed E-state index contributed by atoms with van der Waals surface area (Å²) in [6.45, 7) is 7.61. The van der Waals surface area contributed by atoms with E-state index in [-0.39, 0.29) is 31.7 Å². The van der Waals surface area contributed by atoms with Crippen LogP contribution >= 0.6 is 34.5 Å². The predicted molar refractivity (Wildman–Crippen MR) is 147 cm³/mol. The van der Waals surface area contributed by atoms with Crippen molar-refractivity contribution in [1.29, 1.82) is 0 Å². The fourth-order valence-electron chi connectivity index (χ4n) is 3.63. The van der Waals surface area contributed by atoms with Crippen LogP contribution in [0.4, 0.5) is 9.52 Å². The lowest BCUT2D eigenvalue weighted by atomic mass is 9.86. The molecule has 0 aliphatic rings. The Kier molecular flexibility index (Phi) is 9.13. The molecule has 0 saturated carbocycles. The monoisotopic (exact) mass is 564 g/mol. The third-order valence-electron chi connectivity index (χ3n) is 5.50. The minimum absolute atomic E-state index is 0.0443. The summed E-state index contributed by atoms with van der Waals surface area (Å²) in [6, 6.07) is 7.88. The van der Waals surface area contributed by atoms with E-state index < -0.39 is 23.8 Å². The summed E-state index contributed by atoms with van der Waals surface area (Å²) in [5, 5.41) is 13.9. The Morgan fingerprint density at radius 1 is 1.24 bits per heavy atom. The van der Waals surface area contributed by atoms with Gasteiger partial charge in [0.15, 0.2) is 5.13 Å². The minimum atomic E-state index is -1.11. The van der Waals surface area contributed by atoms with Crippen LogP contribution in [0.15, 0.2) is 41.3 Å². The number of aliphatic carboxylic acids is 1. The highest BCUT2D eigenvalue weighted by atomic mass is 35.5. The molecule has 37 heavy (non-hydrogen) atoms. The third-order valence-corrected chi connectivity index (χ3v) is 6.88. The molecule has 6 nitrogen and oxygen atoms in total. The third kappa shape index (κ3) is 7.17. The van der Waals surface area contributed by atoms with Crippen molar-refractivity contribution in [3.05, 3.63) is 73.8 Å². The molecule has 1 atom stereocenters. The molecule has 2 aromatic carbocycles. The standard InChI is InChI=1S/C27H27Cl2FN2O4S/c1-14(25(34)35)9-18-19(28)10-15(11-20(18)29)24(33)32-26-31-21(13-37-26)16-7-6-8-17(23(16)30)22(36-5)12-27(2,3)4/h6-11,13,22H,12H2,1-5H3,(H,34,35)(H,31,32,33). The molecule has 0 bridgehead atoms. The lowest BCUT2D eigenvalue weighted by molar-refractivity contribution is -0.132. The van der Waals surface area contributed by atoms with Crippen LogP contribution in [-0.4, -0.2) is 29.1 Å². The Balaban J connectivity index is 1.84. The van der Waals surface area contributed by atoms with Gasteiger partial charge < -0.3 is 9.84 Å². The van der Waals surface area contributed by atoms with Gasteiger partial charge in [0.1, 0.15) is 5.82 Å². The number of methoxy groups -OCH3 is 1. The van der Waals surface area contributed by atoms with E-state index in [0.717, 1.165) is 11.3 Å². The molecule has 10 heteroatoms. The number of hydrogen-bond donors (Lipinski definition) is 2. The zero-order valence-corrected chi connectivity index (χ0v) is 23.3. The van der Waals surface area contributed by atoms with Crippen LogP contribution in [0.2, 0.25) is 10.0 Å². The van der Waals surface area contributed by atoms with Crippen LogP contribution in [0, 0.1) is 11.2 Å². The highest BCUT2D eigenvalue weighted by Gasteiger charge is 2.25. The second-order valence-electron chi connectivity index (χ2n) is 9.68. The largest absolute Gasteiger partial charge is 0.478 e. The number of benzene rings is 2. The van der Waals surface area contributed by atoms with Crippen LogP contribution in [0.25, 0.3) is 17.3 Å². The van der Waals surface area contributed by atoms with Gasteiger partial charge in [-0.3, -0.25) is 10.1 Å². The lowest BCUT2D eigenvalue weighted by Gasteiger charge is -2.26. The van der Waals surface area contributed by atoms with Crippen LogP contribution < -0.4 is 5.32 Å². The molecule has 0 aliphatic carbocycles. The molecular weight excluding hydrogens is 538 g/mol. The first-order valence-electron chi connectivity index (χ1n) is 11.3. The molecule has 1 heterocycles. The van der Waals surface area contributed by atoms with Gasteiger partial charge in [-0.15, -0.1) is 11.3 Å². The summed E-state index contributed by atoms with van der Waals surface area (Å²) >= 11 is 13.7. The number of thiazole rings is 1. The molecule has 3 aromatic rings. The zero-order chi connectivity index (χ0) is 27.5. The number of nitrogens with one attached hydrogen (secondary N) is 1. The average molecular weight is 565 g/mol. The topological polar surface area (TPSA) is 88.5 Å². The molecular formula is C27H27Cl2FN2O4S. The minimum Gasteiger partial charge on any atom is -0.478 e. The quantitative estimate of drug-likeness (QED) is 0.269. The van der Waals surface area contributed by atoms with E-state index in [0.29, 0.717) is 28.8 Å². The number of aromatic nitrogens is 1. The molecule has 0 spiro atoms. The summed E-state index contributed by atoms with van der Waals surface area (Å²) in [4.78, 5) is 28.3. The van der Waals surface area contributed by atoms with Crippen LogP contribution in [0.5, 0.6) is 0 Å². The van der Waals surface area contributed by atoms with Crippen LogP contribution in [-0.2, 0) is 9.53 Å². The number of halogens is 3. The van der Waals surface area contributed by atoms with E-state index in [1.54, 1.807) is 30.7 Å². The van der Waals surface area contributed by atoms with E-state index >= 15 is 4.39 Å². The maximum Gasteiger partial charge on any atom is 0.331 e. The van der Waals surface area contributed by atoms with Gasteiger partial charge in [-0.25, -0.2) is 14.2 Å². The van der Waals surface area contributed by atoms with E-state index in [4.69, 9.17) is 33.0 Å². The lowest BCUT2D eigenvalue weighted by Crippen LogP contribution is -2.15. The Hall–Kier alpha value is -2.78. The van der Waals surface area contributed by atoms with Crippen molar-refractivity contribution >= 4 is 57.6 Å². The molecule has 1 amide bonds. The number of ether oxygens (including phenoxy) is 1. The number of carbonyl (C=O) groups is 2. The van der Waals surface area contributed by atoms with Gasteiger partial charge in [0, 0.05) is 40.3 Å². The molecule has 0 radical (unpaired) electrons. The Morgan fingerprint density at radius 2 is 1.89 bits per heavy atom. The molecule has 0 saturated heterocycles. The Labute approximate surface area is 229 Å². The number of nitrogens with zero attached hydrogens (tertiary/aromatic N) is 1. The summed E-state index contributed by atoms with van der Waals surface area (Å²) in [5.41, 5.74) is 1.58. The summed E-state index contributed by atoms with van der Waals surface area (Å²) in [7, 11) is 1.56. The highest BCUT2D eigenvalue weighted by Crippen LogP contribution is 2.36. The van der Waals surface area contributed by atoms with Gasteiger partial charge in [-0.05, 0) is 43.0 Å². The van der Waals surface area contributed by atoms with E-state index in [9.17, 15) is 9.59 Å². The number of amides is 1. The Morgan fingerprint density at radius 3 is 2.46 bits per heavy atom.